The molecule has 1 atom stereocenters. The third kappa shape index (κ3) is 5.59. The van der Waals surface area contributed by atoms with Gasteiger partial charge in [0.05, 0.1) is 17.7 Å². The molecule has 5 rings (SSSR count). The van der Waals surface area contributed by atoms with Gasteiger partial charge in [0.1, 0.15) is 6.61 Å². The van der Waals surface area contributed by atoms with Crippen LogP contribution < -0.4 is 9.47 Å². The van der Waals surface area contributed by atoms with E-state index in [1.54, 1.807) is 24.3 Å². The first kappa shape index (κ1) is 27.1. The van der Waals surface area contributed by atoms with E-state index in [-0.39, 0.29) is 17.5 Å². The number of nitrogens with zero attached hydrogens (tertiary/aromatic N) is 1. The Morgan fingerprint density at radius 2 is 1.60 bits per heavy atom. The summed E-state index contributed by atoms with van der Waals surface area (Å²) in [6.45, 7) is 4.06. The van der Waals surface area contributed by atoms with Crippen LogP contribution in [0.4, 0.5) is 13.2 Å². The highest BCUT2D eigenvalue weighted by molar-refractivity contribution is 6.02. The number of fused-ring (bicyclic) bond motifs is 1. The van der Waals surface area contributed by atoms with Crippen molar-refractivity contribution in [2.24, 2.45) is 0 Å². The number of carbonyl (C=O) groups is 2. The van der Waals surface area contributed by atoms with Crippen LogP contribution in [-0.2, 0) is 17.5 Å². The lowest BCUT2D eigenvalue weighted by Crippen LogP contribution is -2.33. The minimum atomic E-state index is -4.46. The molecule has 9 heteroatoms. The predicted molar refractivity (Wildman–Crippen MR) is 142 cm³/mol. The number of ether oxygens (including phenoxy) is 3. The SMILES string of the molecule is Cc1cc(C(=O)COC(=O)c2ccccc2-c2ccc(C(F)(F)F)cc2)c(C)n1C[C@H]1COc2ccccc2O1. The normalized spacial score (nSPS) is 14.6. The molecule has 0 aliphatic carbocycles. The number of ketones is 1. The largest absolute Gasteiger partial charge is 0.486 e. The number of Topliss-reactive ketones (excluding diaryl/α,β-unsaturated/α-hetero) is 1. The molecule has 0 fully saturated rings. The van der Waals surface area contributed by atoms with Gasteiger partial charge in [0.2, 0.25) is 5.78 Å². The lowest BCUT2D eigenvalue weighted by atomic mass is 9.98. The monoisotopic (exact) mass is 549 g/mol. The van der Waals surface area contributed by atoms with Gasteiger partial charge in [-0.3, -0.25) is 4.79 Å². The van der Waals surface area contributed by atoms with Crippen molar-refractivity contribution in [1.82, 2.24) is 4.57 Å². The Kier molecular flexibility index (Phi) is 7.38. The van der Waals surface area contributed by atoms with Gasteiger partial charge in [-0.15, -0.1) is 0 Å². The fraction of sp³-hybridized carbons (Fsp3) is 0.226. The summed E-state index contributed by atoms with van der Waals surface area (Å²) in [7, 11) is 0. The number of carbonyl (C=O) groups excluding carboxylic acids is 2. The molecule has 2 heterocycles. The van der Waals surface area contributed by atoms with Crippen LogP contribution in [0.15, 0.2) is 78.9 Å². The van der Waals surface area contributed by atoms with Crippen molar-refractivity contribution in [3.05, 3.63) is 107 Å². The van der Waals surface area contributed by atoms with Crippen LogP contribution in [0.5, 0.6) is 11.5 Å². The van der Waals surface area contributed by atoms with Gasteiger partial charge in [0, 0.05) is 17.0 Å². The molecule has 0 radical (unpaired) electrons. The molecule has 0 amide bonds. The number of alkyl halides is 3. The molecule has 0 unspecified atom stereocenters. The summed E-state index contributed by atoms with van der Waals surface area (Å²) in [5, 5.41) is 0. The molecule has 1 aliphatic heterocycles. The molecule has 0 saturated heterocycles. The van der Waals surface area contributed by atoms with Gasteiger partial charge in [-0.1, -0.05) is 42.5 Å². The Hall–Kier alpha value is -4.53. The summed E-state index contributed by atoms with van der Waals surface area (Å²) in [4.78, 5) is 26.0. The Morgan fingerprint density at radius 1 is 0.925 bits per heavy atom. The van der Waals surface area contributed by atoms with Crippen molar-refractivity contribution in [1.29, 1.82) is 0 Å². The molecule has 1 aliphatic rings. The molecular formula is C31H26F3NO5. The Labute approximate surface area is 228 Å². The van der Waals surface area contributed by atoms with Crippen molar-refractivity contribution in [2.75, 3.05) is 13.2 Å². The number of para-hydroxylation sites is 2. The van der Waals surface area contributed by atoms with E-state index in [2.05, 4.69) is 0 Å². The number of hydrogen-bond acceptors (Lipinski definition) is 5. The number of hydrogen-bond donors (Lipinski definition) is 0. The second kappa shape index (κ2) is 10.9. The zero-order valence-corrected chi connectivity index (χ0v) is 21.8. The van der Waals surface area contributed by atoms with E-state index in [0.29, 0.717) is 47.0 Å². The van der Waals surface area contributed by atoms with E-state index in [0.717, 1.165) is 17.8 Å². The minimum absolute atomic E-state index is 0.148. The second-order valence-electron chi connectivity index (χ2n) is 9.51. The number of halogens is 3. The van der Waals surface area contributed by atoms with Crippen molar-refractivity contribution < 1.29 is 37.0 Å². The molecule has 4 aromatic rings. The third-order valence-corrected chi connectivity index (χ3v) is 6.83. The maximum absolute atomic E-state index is 13.1. The maximum atomic E-state index is 13.1. The lowest BCUT2D eigenvalue weighted by Gasteiger charge is -2.27. The number of rotatable bonds is 7. The molecular weight excluding hydrogens is 523 g/mol. The first-order chi connectivity index (χ1) is 19.1. The Bertz CT molecular complexity index is 1560. The molecule has 0 saturated carbocycles. The molecule has 1 aromatic heterocycles. The van der Waals surface area contributed by atoms with Gasteiger partial charge >= 0.3 is 12.1 Å². The summed E-state index contributed by atoms with van der Waals surface area (Å²) >= 11 is 0. The van der Waals surface area contributed by atoms with E-state index >= 15 is 0 Å². The minimum Gasteiger partial charge on any atom is -0.486 e. The predicted octanol–water partition coefficient (Wildman–Crippen LogP) is 6.67. The van der Waals surface area contributed by atoms with Crippen molar-refractivity contribution in [2.45, 2.75) is 32.7 Å². The van der Waals surface area contributed by atoms with E-state index in [1.165, 1.54) is 18.2 Å². The topological polar surface area (TPSA) is 66.8 Å². The molecule has 0 N–H and O–H groups in total. The van der Waals surface area contributed by atoms with Gasteiger partial charge in [-0.25, -0.2) is 4.79 Å². The van der Waals surface area contributed by atoms with Crippen LogP contribution >= 0.6 is 0 Å². The van der Waals surface area contributed by atoms with Crippen LogP contribution in [0.25, 0.3) is 11.1 Å². The van der Waals surface area contributed by atoms with Gasteiger partial charge in [-0.2, -0.15) is 13.2 Å². The van der Waals surface area contributed by atoms with E-state index in [4.69, 9.17) is 14.2 Å². The molecule has 0 spiro atoms. The standard InChI is InChI=1S/C31H26F3NO5/c1-19-15-26(20(2)35(19)16-23-17-38-28-9-5-6-10-29(28)40-23)27(36)18-39-30(37)25-8-4-3-7-24(25)21-11-13-22(14-12-21)31(32,33)34/h3-15,23H,16-18H2,1-2H3/t23-/m0/s1. The Morgan fingerprint density at radius 3 is 2.33 bits per heavy atom. The van der Waals surface area contributed by atoms with Gasteiger partial charge in [0.25, 0.3) is 0 Å². The van der Waals surface area contributed by atoms with E-state index in [9.17, 15) is 22.8 Å². The molecule has 206 valence electrons. The fourth-order valence-electron chi connectivity index (χ4n) is 4.76. The maximum Gasteiger partial charge on any atom is 0.416 e. The quantitative estimate of drug-likeness (QED) is 0.190. The first-order valence-corrected chi connectivity index (χ1v) is 12.6. The van der Waals surface area contributed by atoms with Crippen LogP contribution in [0.1, 0.15) is 37.7 Å². The molecule has 40 heavy (non-hydrogen) atoms. The fourth-order valence-corrected chi connectivity index (χ4v) is 4.76. The van der Waals surface area contributed by atoms with Gasteiger partial charge in [-0.05, 0) is 61.4 Å². The van der Waals surface area contributed by atoms with Crippen molar-refractivity contribution >= 4 is 11.8 Å². The number of aryl methyl sites for hydroxylation is 1. The van der Waals surface area contributed by atoms with Crippen LogP contribution in [0.3, 0.4) is 0 Å². The summed E-state index contributed by atoms with van der Waals surface area (Å²) < 4.78 is 58.0. The zero-order chi connectivity index (χ0) is 28.4. The molecule has 6 nitrogen and oxygen atoms in total. The highest BCUT2D eigenvalue weighted by Crippen LogP contribution is 2.33. The highest BCUT2D eigenvalue weighted by atomic mass is 19.4. The van der Waals surface area contributed by atoms with Gasteiger partial charge in [0.15, 0.2) is 24.2 Å². The number of esters is 1. The number of benzene rings is 3. The van der Waals surface area contributed by atoms with Crippen LogP contribution in [-0.4, -0.2) is 35.6 Å². The zero-order valence-electron chi connectivity index (χ0n) is 21.8. The second-order valence-corrected chi connectivity index (χ2v) is 9.51. The first-order valence-electron chi connectivity index (χ1n) is 12.6. The van der Waals surface area contributed by atoms with E-state index in [1.807, 2.05) is 42.7 Å². The lowest BCUT2D eigenvalue weighted by molar-refractivity contribution is -0.137. The van der Waals surface area contributed by atoms with Crippen molar-refractivity contribution in [3.8, 4) is 22.6 Å². The average molecular weight is 550 g/mol. The third-order valence-electron chi connectivity index (χ3n) is 6.83. The number of aromatic nitrogens is 1. The van der Waals surface area contributed by atoms with Crippen molar-refractivity contribution in [3.63, 3.8) is 0 Å². The smallest absolute Gasteiger partial charge is 0.416 e. The summed E-state index contributed by atoms with van der Waals surface area (Å²) in [5.41, 5.74) is 2.18. The Balaban J connectivity index is 1.26. The van der Waals surface area contributed by atoms with Gasteiger partial charge < -0.3 is 18.8 Å². The van der Waals surface area contributed by atoms with Crippen LogP contribution in [0.2, 0.25) is 0 Å². The highest BCUT2D eigenvalue weighted by Gasteiger charge is 2.30. The molecule has 3 aromatic carbocycles. The molecule has 0 bridgehead atoms. The summed E-state index contributed by atoms with van der Waals surface area (Å²) in [6.07, 6.45) is -4.71. The summed E-state index contributed by atoms with van der Waals surface area (Å²) in [6, 6.07) is 20.1. The van der Waals surface area contributed by atoms with Crippen LogP contribution in [0, 0.1) is 13.8 Å². The average Bonchev–Trinajstić information content (AvgIpc) is 3.23. The summed E-state index contributed by atoms with van der Waals surface area (Å²) in [5.74, 6) is 0.244. The van der Waals surface area contributed by atoms with E-state index < -0.39 is 24.3 Å².